The maximum Gasteiger partial charge on any atom is 0.307 e. The largest absolute Gasteiger partial charge is 0.494 e. The highest BCUT2D eigenvalue weighted by atomic mass is 19.2. The second-order valence-electron chi connectivity index (χ2n) is 9.52. The van der Waals surface area contributed by atoms with Crippen molar-refractivity contribution in [3.63, 3.8) is 0 Å². The summed E-state index contributed by atoms with van der Waals surface area (Å²) in [6.45, 7) is 1.18. The van der Waals surface area contributed by atoms with Crippen LogP contribution in [0.15, 0.2) is 66.9 Å². The highest BCUT2D eigenvalue weighted by Gasteiger charge is 2.14. The molecule has 0 amide bonds. The second kappa shape index (κ2) is 14.1. The molecule has 214 valence electrons. The number of halogens is 2. The number of benzene rings is 3. The third-order valence-electron chi connectivity index (χ3n) is 6.46. The number of aliphatic carboxylic acids is 2. The van der Waals surface area contributed by atoms with Crippen LogP contribution >= 0.6 is 0 Å². The summed E-state index contributed by atoms with van der Waals surface area (Å²) in [6, 6.07) is 17.1. The Kier molecular flexibility index (Phi) is 10.1. The van der Waals surface area contributed by atoms with Crippen LogP contribution in [0, 0.1) is 11.6 Å². The summed E-state index contributed by atoms with van der Waals surface area (Å²) in [4.78, 5) is 22.4. The van der Waals surface area contributed by atoms with Gasteiger partial charge in [-0.3, -0.25) is 9.59 Å². The van der Waals surface area contributed by atoms with Crippen molar-refractivity contribution in [3.05, 3.63) is 95.2 Å². The molecule has 0 aliphatic heterocycles. The standard InChI is InChI=1S/C32H31F2NO6/c33-26-7-4-9-28(32(26)34)41-19-2-1-18-40-25-15-12-22(13-16-25)11-14-23-6-3-8-27-31(23)24(20-30(38)39)21-35(27)17-5-10-29(36)37/h3-4,6-9,11-16,21H,1-2,5,10,17-20H2,(H,36,37)(H,38,39). The number of carboxylic acids is 2. The van der Waals surface area contributed by atoms with Gasteiger partial charge in [-0.15, -0.1) is 0 Å². The van der Waals surface area contributed by atoms with E-state index in [1.54, 1.807) is 6.20 Å². The molecule has 0 saturated heterocycles. The number of aryl methyl sites for hydroxylation is 1. The first kappa shape index (κ1) is 29.3. The quantitative estimate of drug-likeness (QED) is 0.122. The first-order valence-electron chi connectivity index (χ1n) is 13.3. The van der Waals surface area contributed by atoms with E-state index in [2.05, 4.69) is 0 Å². The molecule has 0 aliphatic carbocycles. The Balaban J connectivity index is 1.34. The summed E-state index contributed by atoms with van der Waals surface area (Å²) in [5.41, 5.74) is 3.35. The fraction of sp³-hybridized carbons (Fsp3) is 0.250. The molecule has 1 heterocycles. The Bertz CT molecular complexity index is 1530. The van der Waals surface area contributed by atoms with Crippen LogP contribution in [0.4, 0.5) is 8.78 Å². The SMILES string of the molecule is O=C(O)CCCn1cc(CC(=O)O)c2c(C=Cc3ccc(OCCCCOc4cccc(F)c4F)cc3)cccc21. The number of hydrogen-bond acceptors (Lipinski definition) is 4. The molecule has 0 bridgehead atoms. The van der Waals surface area contributed by atoms with Crippen molar-refractivity contribution < 1.29 is 38.1 Å². The number of nitrogens with zero attached hydrogens (tertiary/aromatic N) is 1. The van der Waals surface area contributed by atoms with E-state index >= 15 is 0 Å². The van der Waals surface area contributed by atoms with Crippen LogP contribution in [-0.2, 0) is 22.6 Å². The number of aromatic nitrogens is 1. The highest BCUT2D eigenvalue weighted by Crippen LogP contribution is 2.28. The van der Waals surface area contributed by atoms with E-state index < -0.39 is 23.6 Å². The Hall–Kier alpha value is -4.66. The molecule has 2 N–H and O–H groups in total. The van der Waals surface area contributed by atoms with Gasteiger partial charge in [-0.2, -0.15) is 4.39 Å². The van der Waals surface area contributed by atoms with E-state index in [0.29, 0.717) is 43.7 Å². The summed E-state index contributed by atoms with van der Waals surface area (Å²) >= 11 is 0. The van der Waals surface area contributed by atoms with E-state index in [4.69, 9.17) is 14.6 Å². The number of carboxylic acid groups (broad SMARTS) is 2. The van der Waals surface area contributed by atoms with Gasteiger partial charge in [-0.1, -0.05) is 42.5 Å². The third kappa shape index (κ3) is 8.17. The van der Waals surface area contributed by atoms with E-state index in [9.17, 15) is 23.5 Å². The second-order valence-corrected chi connectivity index (χ2v) is 9.52. The molecule has 9 heteroatoms. The summed E-state index contributed by atoms with van der Waals surface area (Å²) in [5.74, 6) is -3.12. The fourth-order valence-electron chi connectivity index (χ4n) is 4.52. The zero-order valence-corrected chi connectivity index (χ0v) is 22.4. The van der Waals surface area contributed by atoms with Crippen molar-refractivity contribution in [2.45, 2.75) is 38.6 Å². The van der Waals surface area contributed by atoms with Crippen molar-refractivity contribution in [1.82, 2.24) is 4.57 Å². The Morgan fingerprint density at radius 3 is 2.29 bits per heavy atom. The van der Waals surface area contributed by atoms with E-state index in [1.165, 1.54) is 12.1 Å². The molecule has 0 atom stereocenters. The number of ether oxygens (including phenoxy) is 2. The maximum absolute atomic E-state index is 13.6. The van der Waals surface area contributed by atoms with Gasteiger partial charge in [0.15, 0.2) is 11.6 Å². The topological polar surface area (TPSA) is 98.0 Å². The first-order valence-corrected chi connectivity index (χ1v) is 13.3. The predicted molar refractivity (Wildman–Crippen MR) is 152 cm³/mol. The molecular formula is C32H31F2NO6. The molecule has 0 radical (unpaired) electrons. The molecule has 3 aromatic carbocycles. The van der Waals surface area contributed by atoms with Crippen molar-refractivity contribution in [3.8, 4) is 11.5 Å². The number of carbonyl (C=O) groups is 2. The van der Waals surface area contributed by atoms with Gasteiger partial charge < -0.3 is 24.3 Å². The summed E-state index contributed by atoms with van der Waals surface area (Å²) in [5, 5.41) is 19.2. The number of fused-ring (bicyclic) bond motifs is 1. The lowest BCUT2D eigenvalue weighted by atomic mass is 10.0. The normalized spacial score (nSPS) is 11.3. The predicted octanol–water partition coefficient (Wildman–Crippen LogP) is 6.82. The smallest absolute Gasteiger partial charge is 0.307 e. The Morgan fingerprint density at radius 2 is 1.56 bits per heavy atom. The Morgan fingerprint density at radius 1 is 0.829 bits per heavy atom. The van der Waals surface area contributed by atoms with E-state index in [0.717, 1.165) is 28.1 Å². The number of rotatable bonds is 15. The molecule has 0 aliphatic rings. The van der Waals surface area contributed by atoms with Crippen molar-refractivity contribution >= 4 is 35.0 Å². The summed E-state index contributed by atoms with van der Waals surface area (Å²) in [6.07, 6.45) is 7.33. The minimum absolute atomic E-state index is 0.0411. The van der Waals surface area contributed by atoms with Crippen LogP contribution in [0.2, 0.25) is 0 Å². The average molecular weight is 564 g/mol. The van der Waals surface area contributed by atoms with Crippen molar-refractivity contribution in [1.29, 1.82) is 0 Å². The monoisotopic (exact) mass is 563 g/mol. The number of unbranched alkanes of at least 4 members (excludes halogenated alkanes) is 1. The fourth-order valence-corrected chi connectivity index (χ4v) is 4.52. The molecule has 0 unspecified atom stereocenters. The van der Waals surface area contributed by atoms with Gasteiger partial charge in [0.25, 0.3) is 0 Å². The van der Waals surface area contributed by atoms with E-state index in [-0.39, 0.29) is 25.2 Å². The summed E-state index contributed by atoms with van der Waals surface area (Å²) < 4.78 is 39.8. The molecule has 4 aromatic rings. The molecule has 41 heavy (non-hydrogen) atoms. The average Bonchev–Trinajstić information content (AvgIpc) is 3.29. The van der Waals surface area contributed by atoms with Gasteiger partial charge >= 0.3 is 11.9 Å². The zero-order chi connectivity index (χ0) is 29.2. The van der Waals surface area contributed by atoms with Crippen LogP contribution in [0.25, 0.3) is 23.1 Å². The summed E-state index contributed by atoms with van der Waals surface area (Å²) in [7, 11) is 0. The molecule has 4 rings (SSSR count). The minimum atomic E-state index is -0.985. The van der Waals surface area contributed by atoms with Gasteiger partial charge in [0.2, 0.25) is 5.82 Å². The minimum Gasteiger partial charge on any atom is -0.494 e. The van der Waals surface area contributed by atoms with Crippen molar-refractivity contribution in [2.24, 2.45) is 0 Å². The lowest BCUT2D eigenvalue weighted by molar-refractivity contribution is -0.137. The number of hydrogen-bond donors (Lipinski definition) is 2. The van der Waals surface area contributed by atoms with Crippen LogP contribution in [0.3, 0.4) is 0 Å². The molecule has 1 aromatic heterocycles. The third-order valence-corrected chi connectivity index (χ3v) is 6.46. The van der Waals surface area contributed by atoms with Crippen LogP contribution < -0.4 is 9.47 Å². The Labute approximate surface area is 236 Å². The van der Waals surface area contributed by atoms with E-state index in [1.807, 2.05) is 59.2 Å². The lowest BCUT2D eigenvalue weighted by Crippen LogP contribution is -2.04. The molecule has 0 saturated carbocycles. The van der Waals surface area contributed by atoms with Crippen LogP contribution in [0.1, 0.15) is 42.4 Å². The van der Waals surface area contributed by atoms with Gasteiger partial charge in [-0.05, 0) is 66.3 Å². The zero-order valence-electron chi connectivity index (χ0n) is 22.4. The van der Waals surface area contributed by atoms with Gasteiger partial charge in [0, 0.05) is 30.1 Å². The van der Waals surface area contributed by atoms with Gasteiger partial charge in [0.05, 0.1) is 19.6 Å². The lowest BCUT2D eigenvalue weighted by Gasteiger charge is -2.09. The molecule has 0 fully saturated rings. The molecule has 0 spiro atoms. The van der Waals surface area contributed by atoms with Gasteiger partial charge in [-0.25, -0.2) is 4.39 Å². The maximum atomic E-state index is 13.6. The molecular weight excluding hydrogens is 532 g/mol. The first-order chi connectivity index (χ1) is 19.8. The molecule has 7 nitrogen and oxygen atoms in total. The van der Waals surface area contributed by atoms with Crippen LogP contribution in [-0.4, -0.2) is 39.9 Å². The van der Waals surface area contributed by atoms with Gasteiger partial charge in [0.1, 0.15) is 5.75 Å². The highest BCUT2D eigenvalue weighted by molar-refractivity contribution is 5.96. The van der Waals surface area contributed by atoms with Crippen LogP contribution in [0.5, 0.6) is 11.5 Å². The van der Waals surface area contributed by atoms with Crippen molar-refractivity contribution in [2.75, 3.05) is 13.2 Å².